The van der Waals surface area contributed by atoms with Crippen molar-refractivity contribution in [2.24, 2.45) is 0 Å². The van der Waals surface area contributed by atoms with Crippen LogP contribution in [0, 0.1) is 17.1 Å². The lowest BCUT2D eigenvalue weighted by Gasteiger charge is -2.11. The van der Waals surface area contributed by atoms with Gasteiger partial charge in [-0.3, -0.25) is 0 Å². The first kappa shape index (κ1) is 12.5. The average molecular weight is 222 g/mol. The Bertz CT molecular complexity index is 387. The van der Waals surface area contributed by atoms with Gasteiger partial charge in [-0.2, -0.15) is 5.26 Å². The van der Waals surface area contributed by atoms with E-state index in [1.807, 2.05) is 13.0 Å². The molecule has 86 valence electrons. The van der Waals surface area contributed by atoms with Crippen LogP contribution in [0.15, 0.2) is 18.2 Å². The number of hydrogen-bond acceptors (Lipinski definition) is 3. The molecule has 0 amide bonds. The van der Waals surface area contributed by atoms with Crippen LogP contribution < -0.4 is 10.1 Å². The van der Waals surface area contributed by atoms with Crippen molar-refractivity contribution in [2.75, 3.05) is 7.05 Å². The lowest BCUT2D eigenvalue weighted by molar-refractivity contribution is 0.240. The molecular weight excluding hydrogens is 207 g/mol. The van der Waals surface area contributed by atoms with Crippen molar-refractivity contribution in [3.05, 3.63) is 29.6 Å². The Hall–Kier alpha value is -1.60. The van der Waals surface area contributed by atoms with Crippen molar-refractivity contribution in [2.45, 2.75) is 26.0 Å². The molecule has 0 aliphatic carbocycles. The fraction of sp³-hybridized carbons (Fsp3) is 0.417. The molecule has 0 aromatic heterocycles. The molecule has 0 spiro atoms. The van der Waals surface area contributed by atoms with Crippen LogP contribution in [-0.2, 0) is 6.54 Å². The zero-order valence-corrected chi connectivity index (χ0v) is 9.46. The summed E-state index contributed by atoms with van der Waals surface area (Å²) in [5, 5.41) is 11.6. The van der Waals surface area contributed by atoms with Gasteiger partial charge in [0.05, 0.1) is 0 Å². The first-order valence-electron chi connectivity index (χ1n) is 5.20. The molecule has 0 aliphatic rings. The summed E-state index contributed by atoms with van der Waals surface area (Å²) in [6.45, 7) is 2.42. The summed E-state index contributed by atoms with van der Waals surface area (Å²) in [5.41, 5.74) is 0.845. The van der Waals surface area contributed by atoms with E-state index in [9.17, 15) is 4.39 Å². The highest BCUT2D eigenvalue weighted by atomic mass is 19.1. The van der Waals surface area contributed by atoms with Gasteiger partial charge in [0.2, 0.25) is 0 Å². The minimum absolute atomic E-state index is 0.133. The molecule has 0 radical (unpaired) electrons. The van der Waals surface area contributed by atoms with Crippen LogP contribution in [0.4, 0.5) is 4.39 Å². The molecule has 16 heavy (non-hydrogen) atoms. The van der Waals surface area contributed by atoms with Crippen molar-refractivity contribution in [1.29, 1.82) is 5.26 Å². The summed E-state index contributed by atoms with van der Waals surface area (Å²) >= 11 is 0. The number of halogens is 1. The third kappa shape index (κ3) is 3.21. The SMILES string of the molecule is CCC(C#N)Oc1ccc(CNC)cc1F. The van der Waals surface area contributed by atoms with Crippen LogP contribution >= 0.6 is 0 Å². The highest BCUT2D eigenvalue weighted by Gasteiger charge is 2.10. The quantitative estimate of drug-likeness (QED) is 0.830. The molecule has 1 atom stereocenters. The molecule has 1 unspecified atom stereocenters. The molecule has 0 bridgehead atoms. The van der Waals surface area contributed by atoms with Crippen molar-refractivity contribution < 1.29 is 9.13 Å². The topological polar surface area (TPSA) is 45.0 Å². The predicted molar refractivity (Wildman–Crippen MR) is 59.5 cm³/mol. The van der Waals surface area contributed by atoms with Crippen LogP contribution in [0.1, 0.15) is 18.9 Å². The van der Waals surface area contributed by atoms with E-state index in [4.69, 9.17) is 10.00 Å². The highest BCUT2D eigenvalue weighted by Crippen LogP contribution is 2.20. The second kappa shape index (κ2) is 6.09. The zero-order valence-electron chi connectivity index (χ0n) is 9.46. The van der Waals surface area contributed by atoms with Gasteiger partial charge in [0.1, 0.15) is 6.07 Å². The minimum Gasteiger partial charge on any atom is -0.473 e. The molecule has 0 fully saturated rings. The summed E-state index contributed by atoms with van der Waals surface area (Å²) < 4.78 is 18.8. The van der Waals surface area contributed by atoms with E-state index in [1.54, 1.807) is 19.2 Å². The number of rotatable bonds is 5. The van der Waals surface area contributed by atoms with Crippen LogP contribution in [0.2, 0.25) is 0 Å². The molecule has 4 heteroatoms. The summed E-state index contributed by atoms with van der Waals surface area (Å²) in [4.78, 5) is 0. The lowest BCUT2D eigenvalue weighted by Crippen LogP contribution is -2.13. The Morgan fingerprint density at radius 1 is 1.56 bits per heavy atom. The number of hydrogen-bond donors (Lipinski definition) is 1. The zero-order chi connectivity index (χ0) is 12.0. The minimum atomic E-state index is -0.593. The van der Waals surface area contributed by atoms with Gasteiger partial charge >= 0.3 is 0 Å². The van der Waals surface area contributed by atoms with E-state index in [-0.39, 0.29) is 5.75 Å². The van der Waals surface area contributed by atoms with Gasteiger partial charge < -0.3 is 10.1 Å². The standard InChI is InChI=1S/C12H15FN2O/c1-3-10(7-14)16-12-5-4-9(8-15-2)6-11(12)13/h4-6,10,15H,3,8H2,1-2H3. The van der Waals surface area contributed by atoms with E-state index in [1.165, 1.54) is 6.07 Å². The number of ether oxygens (including phenoxy) is 1. The fourth-order valence-electron chi connectivity index (χ4n) is 1.31. The Morgan fingerprint density at radius 2 is 2.31 bits per heavy atom. The molecule has 3 nitrogen and oxygen atoms in total. The number of nitrogens with one attached hydrogen (secondary N) is 1. The van der Waals surface area contributed by atoms with Crippen molar-refractivity contribution in [3.8, 4) is 11.8 Å². The van der Waals surface area contributed by atoms with Gasteiger partial charge in [-0.15, -0.1) is 0 Å². The van der Waals surface area contributed by atoms with Crippen LogP contribution in [0.5, 0.6) is 5.75 Å². The van der Waals surface area contributed by atoms with Crippen molar-refractivity contribution in [1.82, 2.24) is 5.32 Å². The van der Waals surface area contributed by atoms with Crippen LogP contribution in [-0.4, -0.2) is 13.2 Å². The Morgan fingerprint density at radius 3 is 2.81 bits per heavy atom. The van der Waals surface area contributed by atoms with Crippen molar-refractivity contribution >= 4 is 0 Å². The predicted octanol–water partition coefficient (Wildman–Crippen LogP) is 2.23. The Balaban J connectivity index is 2.79. The molecule has 1 aromatic rings. The third-order valence-corrected chi connectivity index (χ3v) is 2.16. The normalized spacial score (nSPS) is 11.9. The second-order valence-corrected chi connectivity index (χ2v) is 3.44. The highest BCUT2D eigenvalue weighted by molar-refractivity contribution is 5.29. The van der Waals surface area contributed by atoms with E-state index < -0.39 is 11.9 Å². The van der Waals surface area contributed by atoms with Gasteiger partial charge in [0.15, 0.2) is 17.7 Å². The van der Waals surface area contributed by atoms with Gasteiger partial charge in [0.25, 0.3) is 0 Å². The van der Waals surface area contributed by atoms with Gasteiger partial charge in [-0.1, -0.05) is 13.0 Å². The maximum atomic E-state index is 13.5. The number of nitrogens with zero attached hydrogens (tertiary/aromatic N) is 1. The number of nitriles is 1. The summed E-state index contributed by atoms with van der Waals surface area (Å²) in [6.07, 6.45) is -0.0570. The summed E-state index contributed by atoms with van der Waals surface area (Å²) in [7, 11) is 1.80. The molecular formula is C12H15FN2O. The molecule has 1 N–H and O–H groups in total. The Kier molecular flexibility index (Phi) is 4.74. The van der Waals surface area contributed by atoms with Crippen molar-refractivity contribution in [3.63, 3.8) is 0 Å². The third-order valence-electron chi connectivity index (χ3n) is 2.16. The summed E-state index contributed by atoms with van der Waals surface area (Å²) in [5.74, 6) is -0.297. The van der Waals surface area contributed by atoms with Crippen LogP contribution in [0.25, 0.3) is 0 Å². The Labute approximate surface area is 94.8 Å². The van der Waals surface area contributed by atoms with Gasteiger partial charge in [-0.25, -0.2) is 4.39 Å². The van der Waals surface area contributed by atoms with E-state index in [0.29, 0.717) is 13.0 Å². The molecule has 1 rings (SSSR count). The number of benzene rings is 1. The summed E-state index contributed by atoms with van der Waals surface area (Å²) in [6, 6.07) is 6.71. The molecule has 0 heterocycles. The first-order valence-corrected chi connectivity index (χ1v) is 5.20. The fourth-order valence-corrected chi connectivity index (χ4v) is 1.31. The smallest absolute Gasteiger partial charge is 0.184 e. The monoisotopic (exact) mass is 222 g/mol. The maximum Gasteiger partial charge on any atom is 0.184 e. The largest absolute Gasteiger partial charge is 0.473 e. The molecule has 0 saturated heterocycles. The van der Waals surface area contributed by atoms with E-state index >= 15 is 0 Å². The molecule has 0 aliphatic heterocycles. The van der Waals surface area contributed by atoms with Crippen LogP contribution in [0.3, 0.4) is 0 Å². The van der Waals surface area contributed by atoms with E-state index in [2.05, 4.69) is 5.32 Å². The maximum absolute atomic E-state index is 13.5. The second-order valence-electron chi connectivity index (χ2n) is 3.44. The van der Waals surface area contributed by atoms with E-state index in [0.717, 1.165) is 5.56 Å². The lowest BCUT2D eigenvalue weighted by atomic mass is 10.2. The molecule has 0 saturated carbocycles. The first-order chi connectivity index (χ1) is 7.71. The van der Waals surface area contributed by atoms with Gasteiger partial charge in [-0.05, 0) is 31.2 Å². The van der Waals surface area contributed by atoms with Gasteiger partial charge in [0, 0.05) is 6.54 Å². The average Bonchev–Trinajstić information content (AvgIpc) is 2.29. The molecule has 1 aromatic carbocycles.